The molecule has 3 rings (SSSR count). The van der Waals surface area contributed by atoms with E-state index in [1.54, 1.807) is 0 Å². The van der Waals surface area contributed by atoms with Gasteiger partial charge in [-0.15, -0.1) is 0 Å². The molecule has 0 spiro atoms. The first-order valence-electron chi connectivity index (χ1n) is 6.99. The van der Waals surface area contributed by atoms with Gasteiger partial charge in [-0.3, -0.25) is 9.69 Å². The molecule has 1 aromatic rings. The van der Waals surface area contributed by atoms with Crippen LogP contribution in [0.2, 0.25) is 0 Å². The molecule has 102 valence electrons. The van der Waals surface area contributed by atoms with Crippen molar-refractivity contribution in [1.29, 1.82) is 0 Å². The molecule has 3 nitrogen and oxygen atoms in total. The van der Waals surface area contributed by atoms with Gasteiger partial charge in [0.1, 0.15) is 0 Å². The summed E-state index contributed by atoms with van der Waals surface area (Å²) in [6.07, 6.45) is 2.31. The molecule has 1 saturated heterocycles. The minimum atomic E-state index is 0.190. The molecule has 2 fully saturated rings. The normalized spacial score (nSPS) is 24.1. The third-order valence-electron chi connectivity index (χ3n) is 3.71. The minimum Gasteiger partial charge on any atom is -0.352 e. The Bertz CT molecular complexity index is 433. The summed E-state index contributed by atoms with van der Waals surface area (Å²) in [5.41, 5.74) is 1.33. The number of benzene rings is 1. The van der Waals surface area contributed by atoms with Gasteiger partial charge in [0.15, 0.2) is 0 Å². The fourth-order valence-electron chi connectivity index (χ4n) is 2.49. The van der Waals surface area contributed by atoms with Gasteiger partial charge in [0.2, 0.25) is 5.91 Å². The predicted molar refractivity (Wildman–Crippen MR) is 79.2 cm³/mol. The van der Waals surface area contributed by atoms with E-state index in [0.29, 0.717) is 18.6 Å². The second kappa shape index (κ2) is 5.97. The molecule has 1 N–H and O–H groups in total. The summed E-state index contributed by atoms with van der Waals surface area (Å²) >= 11 is 1.98. The summed E-state index contributed by atoms with van der Waals surface area (Å²) in [5.74, 6) is 2.40. The highest BCUT2D eigenvalue weighted by Gasteiger charge is 2.28. The van der Waals surface area contributed by atoms with E-state index >= 15 is 0 Å². The molecule has 0 aromatic heterocycles. The molecule has 1 saturated carbocycles. The Morgan fingerprint density at radius 2 is 2.11 bits per heavy atom. The molecule has 4 heteroatoms. The van der Waals surface area contributed by atoms with E-state index in [0.717, 1.165) is 30.9 Å². The van der Waals surface area contributed by atoms with Crippen LogP contribution in [0.15, 0.2) is 30.3 Å². The van der Waals surface area contributed by atoms with Crippen molar-refractivity contribution in [2.24, 2.45) is 0 Å². The van der Waals surface area contributed by atoms with Crippen LogP contribution in [0.4, 0.5) is 0 Å². The molecule has 1 aromatic carbocycles. The smallest absolute Gasteiger partial charge is 0.234 e. The summed E-state index contributed by atoms with van der Waals surface area (Å²) in [4.78, 5) is 14.3. The van der Waals surface area contributed by atoms with Crippen LogP contribution in [0.3, 0.4) is 0 Å². The molecular weight excluding hydrogens is 256 g/mol. The van der Waals surface area contributed by atoms with Crippen molar-refractivity contribution < 1.29 is 4.79 Å². The zero-order valence-corrected chi connectivity index (χ0v) is 11.9. The van der Waals surface area contributed by atoms with Crippen molar-refractivity contribution >= 4 is 17.7 Å². The Morgan fingerprint density at radius 1 is 1.32 bits per heavy atom. The number of carbonyl (C=O) groups is 1. The molecular formula is C15H20N2OS. The van der Waals surface area contributed by atoms with Crippen LogP contribution in [-0.4, -0.2) is 41.4 Å². The van der Waals surface area contributed by atoms with Gasteiger partial charge >= 0.3 is 0 Å². The van der Waals surface area contributed by atoms with Crippen LogP contribution in [0.5, 0.6) is 0 Å². The van der Waals surface area contributed by atoms with Crippen LogP contribution in [0.1, 0.15) is 24.4 Å². The van der Waals surface area contributed by atoms with Crippen LogP contribution < -0.4 is 5.32 Å². The highest BCUT2D eigenvalue weighted by Crippen LogP contribution is 2.29. The van der Waals surface area contributed by atoms with E-state index in [1.165, 1.54) is 5.56 Å². The highest BCUT2D eigenvalue weighted by atomic mass is 32.2. The topological polar surface area (TPSA) is 32.3 Å². The lowest BCUT2D eigenvalue weighted by atomic mass is 10.1. The minimum absolute atomic E-state index is 0.190. The van der Waals surface area contributed by atoms with Gasteiger partial charge in [0.25, 0.3) is 0 Å². The maximum atomic E-state index is 12.0. The molecule has 1 amide bonds. The maximum absolute atomic E-state index is 12.0. The third-order valence-corrected chi connectivity index (χ3v) is 4.74. The molecule has 1 atom stereocenters. The van der Waals surface area contributed by atoms with Gasteiger partial charge in [-0.05, 0) is 18.4 Å². The predicted octanol–water partition coefficient (Wildman–Crippen LogP) is 2.06. The van der Waals surface area contributed by atoms with E-state index in [1.807, 2.05) is 17.8 Å². The first-order chi connectivity index (χ1) is 9.33. The molecule has 0 radical (unpaired) electrons. The van der Waals surface area contributed by atoms with E-state index in [4.69, 9.17) is 0 Å². The fraction of sp³-hybridized carbons (Fsp3) is 0.533. The van der Waals surface area contributed by atoms with Crippen molar-refractivity contribution in [3.8, 4) is 0 Å². The number of carbonyl (C=O) groups excluding carboxylic acids is 1. The largest absolute Gasteiger partial charge is 0.352 e. The molecule has 0 bridgehead atoms. The first-order valence-corrected chi connectivity index (χ1v) is 8.14. The first kappa shape index (κ1) is 13.0. The SMILES string of the molecule is O=C(CN1CCSC[C@H]1c1ccccc1)NC1CC1. The number of nitrogens with zero attached hydrogens (tertiary/aromatic N) is 1. The van der Waals surface area contributed by atoms with Crippen LogP contribution in [-0.2, 0) is 4.79 Å². The Hall–Kier alpha value is -1.00. The zero-order valence-electron chi connectivity index (χ0n) is 11.0. The Kier molecular flexibility index (Phi) is 4.09. The monoisotopic (exact) mass is 276 g/mol. The number of hydrogen-bond acceptors (Lipinski definition) is 3. The van der Waals surface area contributed by atoms with Crippen LogP contribution >= 0.6 is 11.8 Å². The second-order valence-electron chi connectivity index (χ2n) is 5.31. The van der Waals surface area contributed by atoms with Crippen LogP contribution in [0.25, 0.3) is 0 Å². The van der Waals surface area contributed by atoms with Crippen molar-refractivity contribution in [2.75, 3.05) is 24.6 Å². The van der Waals surface area contributed by atoms with Crippen molar-refractivity contribution in [2.45, 2.75) is 24.9 Å². The average Bonchev–Trinajstić information content (AvgIpc) is 3.24. The number of hydrogen-bond donors (Lipinski definition) is 1. The second-order valence-corrected chi connectivity index (χ2v) is 6.46. The summed E-state index contributed by atoms with van der Waals surface area (Å²) in [7, 11) is 0. The summed E-state index contributed by atoms with van der Waals surface area (Å²) in [6, 6.07) is 11.4. The molecule has 1 heterocycles. The average molecular weight is 276 g/mol. The molecule has 19 heavy (non-hydrogen) atoms. The van der Waals surface area contributed by atoms with Crippen molar-refractivity contribution in [3.05, 3.63) is 35.9 Å². The number of nitrogens with one attached hydrogen (secondary N) is 1. The Morgan fingerprint density at radius 3 is 2.84 bits per heavy atom. The van der Waals surface area contributed by atoms with Gasteiger partial charge in [0, 0.05) is 30.1 Å². The number of thioether (sulfide) groups is 1. The van der Waals surface area contributed by atoms with Gasteiger partial charge in [0.05, 0.1) is 6.54 Å². The molecule has 1 aliphatic carbocycles. The lowest BCUT2D eigenvalue weighted by Crippen LogP contribution is -2.43. The van der Waals surface area contributed by atoms with E-state index in [-0.39, 0.29) is 5.91 Å². The van der Waals surface area contributed by atoms with Gasteiger partial charge in [-0.25, -0.2) is 0 Å². The number of rotatable bonds is 4. The lowest BCUT2D eigenvalue weighted by Gasteiger charge is -2.35. The molecule has 1 aliphatic heterocycles. The standard InChI is InChI=1S/C15H20N2OS/c18-15(16-13-6-7-13)10-17-8-9-19-11-14(17)12-4-2-1-3-5-12/h1-5,13-14H,6-11H2,(H,16,18)/t14-/m0/s1. The molecule has 2 aliphatic rings. The number of amides is 1. The van der Waals surface area contributed by atoms with E-state index < -0.39 is 0 Å². The Balaban J connectivity index is 1.64. The fourth-order valence-corrected chi connectivity index (χ4v) is 3.65. The maximum Gasteiger partial charge on any atom is 0.234 e. The van der Waals surface area contributed by atoms with E-state index in [2.05, 4.69) is 34.5 Å². The third kappa shape index (κ3) is 3.51. The lowest BCUT2D eigenvalue weighted by molar-refractivity contribution is -0.122. The van der Waals surface area contributed by atoms with Gasteiger partial charge in [-0.2, -0.15) is 11.8 Å². The molecule has 0 unspecified atom stereocenters. The van der Waals surface area contributed by atoms with Crippen molar-refractivity contribution in [1.82, 2.24) is 10.2 Å². The highest BCUT2D eigenvalue weighted by molar-refractivity contribution is 7.99. The zero-order chi connectivity index (χ0) is 13.1. The van der Waals surface area contributed by atoms with Gasteiger partial charge < -0.3 is 5.32 Å². The summed E-state index contributed by atoms with van der Waals surface area (Å²) in [6.45, 7) is 1.54. The van der Waals surface area contributed by atoms with Gasteiger partial charge in [-0.1, -0.05) is 30.3 Å². The summed E-state index contributed by atoms with van der Waals surface area (Å²) in [5, 5.41) is 3.09. The Labute approximate surface area is 118 Å². The van der Waals surface area contributed by atoms with Crippen molar-refractivity contribution in [3.63, 3.8) is 0 Å². The van der Waals surface area contributed by atoms with E-state index in [9.17, 15) is 4.79 Å². The summed E-state index contributed by atoms with van der Waals surface area (Å²) < 4.78 is 0. The quantitative estimate of drug-likeness (QED) is 0.913. The van der Waals surface area contributed by atoms with Crippen LogP contribution in [0, 0.1) is 0 Å².